The number of aliphatic hydroxyl groups excluding tert-OH is 1. The van der Waals surface area contributed by atoms with Gasteiger partial charge in [0.15, 0.2) is 0 Å². The highest BCUT2D eigenvalue weighted by Gasteiger charge is 2.27. The van der Waals surface area contributed by atoms with E-state index in [-0.39, 0.29) is 25.5 Å². The Morgan fingerprint density at radius 1 is 0.583 bits per heavy atom. The van der Waals surface area contributed by atoms with Crippen LogP contribution in [0.25, 0.3) is 0 Å². The molecule has 0 fully saturated rings. The fraction of sp³-hybridized carbons (Fsp3) is 0.667. The number of carbonyl (C=O) groups excluding carboxylic acids is 1. The van der Waals surface area contributed by atoms with E-state index in [4.69, 9.17) is 9.05 Å². The van der Waals surface area contributed by atoms with Gasteiger partial charge in [-0.15, -0.1) is 0 Å². The van der Waals surface area contributed by atoms with Gasteiger partial charge < -0.3 is 19.8 Å². The number of unbranched alkanes of at least 4 members (excludes halogenated alkanes) is 14. The third kappa shape index (κ3) is 43.5. The smallest absolute Gasteiger partial charge is 0.387 e. The molecular weight excluding hydrogens is 768 g/mol. The summed E-state index contributed by atoms with van der Waals surface area (Å²) in [4.78, 5) is 23.1. The number of nitrogens with zero attached hydrogens (tertiary/aromatic N) is 1. The molecule has 0 aliphatic carbocycles. The van der Waals surface area contributed by atoms with Crippen molar-refractivity contribution in [3.05, 3.63) is 97.2 Å². The molecule has 0 aliphatic heterocycles. The topological polar surface area (TPSA) is 105 Å². The molecule has 0 radical (unpaired) electrons. The van der Waals surface area contributed by atoms with Crippen LogP contribution in [0.15, 0.2) is 97.2 Å². The molecule has 0 aromatic heterocycles. The molecule has 9 heteroatoms. The van der Waals surface area contributed by atoms with Gasteiger partial charge in [0.2, 0.25) is 5.91 Å². The van der Waals surface area contributed by atoms with Crippen LogP contribution in [0.2, 0.25) is 0 Å². The molecule has 0 bridgehead atoms. The second-order valence-corrected chi connectivity index (χ2v) is 18.2. The Labute approximate surface area is 369 Å². The third-order valence-corrected chi connectivity index (χ3v) is 10.7. The predicted molar refractivity (Wildman–Crippen MR) is 258 cm³/mol. The Bertz CT molecular complexity index is 1290. The first-order valence-electron chi connectivity index (χ1n) is 23.6. The highest BCUT2D eigenvalue weighted by Crippen LogP contribution is 2.43. The van der Waals surface area contributed by atoms with Crippen LogP contribution < -0.4 is 5.32 Å². The highest BCUT2D eigenvalue weighted by molar-refractivity contribution is 7.47. The van der Waals surface area contributed by atoms with Crippen molar-refractivity contribution in [3.63, 3.8) is 0 Å². The van der Waals surface area contributed by atoms with Crippen molar-refractivity contribution >= 4 is 13.7 Å². The number of aliphatic hydroxyl groups is 1. The monoisotopic (exact) mass is 858 g/mol. The van der Waals surface area contributed by atoms with Crippen molar-refractivity contribution in [1.29, 1.82) is 0 Å². The highest BCUT2D eigenvalue weighted by atomic mass is 31.2. The number of likely N-dealkylation sites (N-methyl/N-ethyl adjacent to an activating group) is 1. The number of phosphoric ester groups is 1. The summed E-state index contributed by atoms with van der Waals surface area (Å²) in [6.45, 7) is 4.60. The molecule has 0 aromatic carbocycles. The molecular formula is C51H90N2O6P+. The van der Waals surface area contributed by atoms with Gasteiger partial charge in [-0.05, 0) is 83.5 Å². The lowest BCUT2D eigenvalue weighted by Gasteiger charge is -2.25. The molecule has 8 nitrogen and oxygen atoms in total. The molecule has 0 saturated carbocycles. The first-order valence-corrected chi connectivity index (χ1v) is 25.1. The summed E-state index contributed by atoms with van der Waals surface area (Å²) in [5.41, 5.74) is 0. The molecule has 0 rings (SSSR count). The molecule has 0 spiro atoms. The van der Waals surface area contributed by atoms with E-state index < -0.39 is 20.0 Å². The second-order valence-electron chi connectivity index (χ2n) is 16.7. The molecule has 344 valence electrons. The molecule has 1 amide bonds. The van der Waals surface area contributed by atoms with E-state index in [0.29, 0.717) is 17.4 Å². The lowest BCUT2D eigenvalue weighted by Crippen LogP contribution is -2.45. The van der Waals surface area contributed by atoms with Crippen LogP contribution in [0.5, 0.6) is 0 Å². The summed E-state index contributed by atoms with van der Waals surface area (Å²) in [6, 6.07) is -0.905. The zero-order valence-corrected chi connectivity index (χ0v) is 39.8. The average molecular weight is 858 g/mol. The molecule has 0 aliphatic rings. The zero-order chi connectivity index (χ0) is 44.3. The molecule has 60 heavy (non-hydrogen) atoms. The fourth-order valence-corrected chi connectivity index (χ4v) is 6.78. The molecule has 0 saturated heterocycles. The van der Waals surface area contributed by atoms with Gasteiger partial charge in [0.25, 0.3) is 0 Å². The summed E-state index contributed by atoms with van der Waals surface area (Å²) in [7, 11) is 1.49. The number of phosphoric acid groups is 1. The zero-order valence-electron chi connectivity index (χ0n) is 38.9. The molecule has 0 aromatic rings. The first-order chi connectivity index (χ1) is 29.0. The summed E-state index contributed by atoms with van der Waals surface area (Å²) < 4.78 is 23.5. The first kappa shape index (κ1) is 57.4. The fourth-order valence-electron chi connectivity index (χ4n) is 6.05. The largest absolute Gasteiger partial charge is 0.472 e. The van der Waals surface area contributed by atoms with E-state index >= 15 is 0 Å². The van der Waals surface area contributed by atoms with Gasteiger partial charge in [-0.2, -0.15) is 0 Å². The van der Waals surface area contributed by atoms with Gasteiger partial charge in [0, 0.05) is 6.42 Å². The van der Waals surface area contributed by atoms with Gasteiger partial charge >= 0.3 is 7.82 Å². The number of hydrogen-bond acceptors (Lipinski definition) is 5. The summed E-state index contributed by atoms with van der Waals surface area (Å²) in [5, 5.41) is 13.8. The Morgan fingerprint density at radius 2 is 1.02 bits per heavy atom. The number of rotatable bonds is 41. The minimum atomic E-state index is -4.37. The quantitative estimate of drug-likeness (QED) is 0.0245. The van der Waals surface area contributed by atoms with Crippen LogP contribution in [-0.2, 0) is 18.4 Å². The maximum absolute atomic E-state index is 12.9. The van der Waals surface area contributed by atoms with E-state index in [9.17, 15) is 19.4 Å². The van der Waals surface area contributed by atoms with E-state index in [1.54, 1.807) is 6.08 Å². The summed E-state index contributed by atoms with van der Waals surface area (Å²) >= 11 is 0. The van der Waals surface area contributed by atoms with E-state index in [1.165, 1.54) is 77.0 Å². The third-order valence-electron chi connectivity index (χ3n) is 9.77. The second kappa shape index (κ2) is 41.8. The van der Waals surface area contributed by atoms with E-state index in [1.807, 2.05) is 27.2 Å². The lowest BCUT2D eigenvalue weighted by atomic mass is 10.1. The Balaban J connectivity index is 4.57. The predicted octanol–water partition coefficient (Wildman–Crippen LogP) is 13.5. The van der Waals surface area contributed by atoms with Crippen LogP contribution in [0, 0.1) is 0 Å². The van der Waals surface area contributed by atoms with Crippen molar-refractivity contribution in [1.82, 2.24) is 5.32 Å². The summed E-state index contributed by atoms with van der Waals surface area (Å²) in [5.74, 6) is -0.252. The van der Waals surface area contributed by atoms with Gasteiger partial charge in [0.1, 0.15) is 13.2 Å². The van der Waals surface area contributed by atoms with Gasteiger partial charge in [-0.3, -0.25) is 13.8 Å². The maximum atomic E-state index is 12.9. The average Bonchev–Trinajstić information content (AvgIpc) is 3.20. The van der Waals surface area contributed by atoms with Gasteiger partial charge in [0.05, 0.1) is 39.9 Å². The van der Waals surface area contributed by atoms with Crippen molar-refractivity contribution in [2.24, 2.45) is 0 Å². The number of quaternary nitrogens is 1. The van der Waals surface area contributed by atoms with E-state index in [2.05, 4.69) is 104 Å². The van der Waals surface area contributed by atoms with Crippen LogP contribution in [-0.4, -0.2) is 73.4 Å². The lowest BCUT2D eigenvalue weighted by molar-refractivity contribution is -0.870. The molecule has 3 unspecified atom stereocenters. The molecule has 3 N–H and O–H groups in total. The number of carbonyl (C=O) groups is 1. The Morgan fingerprint density at radius 3 is 1.53 bits per heavy atom. The number of hydrogen-bond donors (Lipinski definition) is 3. The molecule has 0 heterocycles. The van der Waals surface area contributed by atoms with Gasteiger partial charge in [-0.1, -0.05) is 175 Å². The minimum Gasteiger partial charge on any atom is -0.387 e. The van der Waals surface area contributed by atoms with Crippen molar-refractivity contribution in [2.75, 3.05) is 40.9 Å². The van der Waals surface area contributed by atoms with Crippen molar-refractivity contribution < 1.29 is 32.9 Å². The van der Waals surface area contributed by atoms with Gasteiger partial charge in [-0.25, -0.2) is 4.57 Å². The summed E-state index contributed by atoms with van der Waals surface area (Å²) in [6.07, 6.45) is 59.3. The maximum Gasteiger partial charge on any atom is 0.472 e. The van der Waals surface area contributed by atoms with Crippen molar-refractivity contribution in [2.45, 2.75) is 180 Å². The Hall–Kier alpha value is -2.58. The molecule has 3 atom stereocenters. The van der Waals surface area contributed by atoms with Crippen LogP contribution in [0.3, 0.4) is 0 Å². The number of amides is 1. The Kier molecular flexibility index (Phi) is 40.0. The van der Waals surface area contributed by atoms with Crippen LogP contribution >= 0.6 is 7.82 Å². The minimum absolute atomic E-state index is 0.0375. The number of allylic oxidation sites excluding steroid dienone is 15. The normalized spacial score (nSPS) is 15.1. The van der Waals surface area contributed by atoms with Crippen LogP contribution in [0.4, 0.5) is 0 Å². The van der Waals surface area contributed by atoms with Crippen molar-refractivity contribution in [3.8, 4) is 0 Å². The standard InChI is InChI=1S/C51H89N2O6P/c1-6-8-10-12-14-16-18-20-22-24-25-26-27-29-30-32-34-36-38-40-42-44-50(54)49(48-59-60(56,57)58-47-46-53(3,4)5)52-51(55)45-43-41-39-37-35-33-31-28-23-21-19-17-15-13-11-9-7-2/h9,11,15,17,21,23,27,29,31,33-34,36-37,39,42,44,49-50,54H,6-8,10,12-14,16,18-20,22,24-26,28,30,32,35,38,40-41,43,45-48H2,1-5H3,(H-,52,55,56,57)/p+1/b11-9-,17-15-,23-21-,29-27+,33-31-,36-34+,39-37-,44-42+. The van der Waals surface area contributed by atoms with Crippen LogP contribution in [0.1, 0.15) is 168 Å². The number of nitrogens with one attached hydrogen (secondary N) is 1. The van der Waals surface area contributed by atoms with E-state index in [0.717, 1.165) is 64.2 Å². The SMILES string of the molecule is CC/C=C\C/C=C\C/C=C\C/C=C\C/C=C\CCCC(=O)NC(COP(=O)(O)OCC[N+](C)(C)C)C(O)/C=C/CC/C=C/CC/C=C/CCCCCCCCCCCCC.